The molecule has 7 heteroatoms. The summed E-state index contributed by atoms with van der Waals surface area (Å²) in [6, 6.07) is 16.5. The van der Waals surface area contributed by atoms with E-state index in [9.17, 15) is 19.5 Å². The standard InChI is InChI=1S/C30H35N3O4/c1-3-19-9-11-21(12-10-19)28(34)33-16-15-24(20-7-5-4-6-8-20)27(33)29(35)32(2)23-13-14-25-22(17-23)18-26(31-25)30(36)37/h4-8,13-14,17-19,21,24,27,31H,3,9-12,15-16H2,1-2H3,(H,36,37)/t19-,21-,24?,27-/m0/s1. The number of carboxylic acid groups (broad SMARTS) is 1. The highest BCUT2D eigenvalue weighted by atomic mass is 16.4. The Morgan fingerprint density at radius 3 is 2.41 bits per heavy atom. The van der Waals surface area contributed by atoms with Crippen LogP contribution in [0, 0.1) is 11.8 Å². The zero-order valence-electron chi connectivity index (χ0n) is 21.5. The number of aromatic nitrogens is 1. The van der Waals surface area contributed by atoms with Crippen LogP contribution in [0.3, 0.4) is 0 Å². The number of anilines is 1. The Labute approximate surface area is 217 Å². The van der Waals surface area contributed by atoms with Gasteiger partial charge in [-0.2, -0.15) is 0 Å². The SMILES string of the molecule is CC[C@H]1CC[C@H](C(=O)N2CCC(c3ccccc3)[C@H]2C(=O)N(C)c2ccc3[nH]c(C(=O)O)cc3c2)CC1. The number of nitrogens with one attached hydrogen (secondary N) is 1. The van der Waals surface area contributed by atoms with Crippen LogP contribution in [0.5, 0.6) is 0 Å². The van der Waals surface area contributed by atoms with Gasteiger partial charge >= 0.3 is 5.97 Å². The molecule has 1 aliphatic heterocycles. The summed E-state index contributed by atoms with van der Waals surface area (Å²) in [6.07, 6.45) is 5.87. The van der Waals surface area contributed by atoms with E-state index in [1.165, 1.54) is 0 Å². The van der Waals surface area contributed by atoms with Crippen molar-refractivity contribution < 1.29 is 19.5 Å². The lowest BCUT2D eigenvalue weighted by atomic mass is 9.80. The number of aromatic carboxylic acids is 1. The summed E-state index contributed by atoms with van der Waals surface area (Å²) in [5.41, 5.74) is 2.55. The van der Waals surface area contributed by atoms with Crippen molar-refractivity contribution in [2.24, 2.45) is 11.8 Å². The van der Waals surface area contributed by atoms with E-state index in [0.717, 1.165) is 49.5 Å². The van der Waals surface area contributed by atoms with Crippen molar-refractivity contribution in [3.8, 4) is 0 Å². The number of carbonyl (C=O) groups is 3. The molecule has 2 amide bonds. The molecule has 1 saturated carbocycles. The first-order valence-corrected chi connectivity index (χ1v) is 13.4. The third kappa shape index (κ3) is 4.87. The van der Waals surface area contributed by atoms with Gasteiger partial charge in [-0.05, 0) is 67.9 Å². The van der Waals surface area contributed by atoms with Crippen molar-refractivity contribution in [2.45, 2.75) is 57.4 Å². The Balaban J connectivity index is 1.43. The number of rotatable bonds is 6. The zero-order valence-corrected chi connectivity index (χ0v) is 21.5. The number of hydrogen-bond acceptors (Lipinski definition) is 3. The molecule has 1 aliphatic carbocycles. The number of carboxylic acids is 1. The highest BCUT2D eigenvalue weighted by molar-refractivity contribution is 6.02. The van der Waals surface area contributed by atoms with Crippen LogP contribution in [-0.2, 0) is 9.59 Å². The summed E-state index contributed by atoms with van der Waals surface area (Å²) in [5, 5.41) is 10.0. The van der Waals surface area contributed by atoms with Crippen LogP contribution < -0.4 is 4.90 Å². The fourth-order valence-electron chi connectivity index (χ4n) is 6.22. The predicted molar refractivity (Wildman–Crippen MR) is 144 cm³/mol. The van der Waals surface area contributed by atoms with Gasteiger partial charge in [0.15, 0.2) is 0 Å². The number of likely N-dealkylation sites (tertiary alicyclic amines) is 1. The highest BCUT2D eigenvalue weighted by Gasteiger charge is 2.45. The van der Waals surface area contributed by atoms with Gasteiger partial charge in [0.05, 0.1) is 0 Å². The number of carbonyl (C=O) groups excluding carboxylic acids is 2. The van der Waals surface area contributed by atoms with Crippen molar-refractivity contribution in [3.63, 3.8) is 0 Å². The number of amides is 2. The summed E-state index contributed by atoms with van der Waals surface area (Å²) >= 11 is 0. The topological polar surface area (TPSA) is 93.7 Å². The van der Waals surface area contributed by atoms with Crippen LogP contribution in [0.4, 0.5) is 5.69 Å². The summed E-state index contributed by atoms with van der Waals surface area (Å²) in [5.74, 6) is -0.401. The molecule has 3 aromatic rings. The fraction of sp³-hybridized carbons (Fsp3) is 0.433. The summed E-state index contributed by atoms with van der Waals surface area (Å²) in [4.78, 5) is 45.6. The molecular weight excluding hydrogens is 466 g/mol. The fourth-order valence-corrected chi connectivity index (χ4v) is 6.22. The average molecular weight is 502 g/mol. The van der Waals surface area contributed by atoms with Gasteiger partial charge in [-0.15, -0.1) is 0 Å². The second-order valence-corrected chi connectivity index (χ2v) is 10.6. The number of H-pyrrole nitrogens is 1. The molecule has 0 spiro atoms. The number of nitrogens with zero attached hydrogens (tertiary/aromatic N) is 2. The Morgan fingerprint density at radius 1 is 1.00 bits per heavy atom. The maximum atomic E-state index is 14.1. The number of likely N-dealkylation sites (N-methyl/N-ethyl adjacent to an activating group) is 1. The smallest absolute Gasteiger partial charge is 0.352 e. The first kappa shape index (κ1) is 25.1. The first-order valence-electron chi connectivity index (χ1n) is 13.4. The second kappa shape index (κ2) is 10.4. The number of fused-ring (bicyclic) bond motifs is 1. The highest BCUT2D eigenvalue weighted by Crippen LogP contribution is 2.39. The molecule has 1 saturated heterocycles. The quantitative estimate of drug-likeness (QED) is 0.471. The van der Waals surface area contributed by atoms with Crippen LogP contribution in [0.15, 0.2) is 54.6 Å². The van der Waals surface area contributed by atoms with E-state index in [-0.39, 0.29) is 29.3 Å². The number of hydrogen-bond donors (Lipinski definition) is 2. The van der Waals surface area contributed by atoms with Gasteiger partial charge in [0, 0.05) is 42.0 Å². The minimum Gasteiger partial charge on any atom is -0.477 e. The maximum Gasteiger partial charge on any atom is 0.352 e. The molecular formula is C30H35N3O4. The molecule has 194 valence electrons. The molecule has 2 aliphatic rings. The van der Waals surface area contributed by atoms with E-state index < -0.39 is 12.0 Å². The lowest BCUT2D eigenvalue weighted by molar-refractivity contribution is -0.142. The normalized spacial score (nSPS) is 23.8. The van der Waals surface area contributed by atoms with Crippen molar-refractivity contribution in [1.29, 1.82) is 0 Å². The summed E-state index contributed by atoms with van der Waals surface area (Å²) in [6.45, 7) is 2.80. The lowest BCUT2D eigenvalue weighted by Crippen LogP contribution is -2.50. The Morgan fingerprint density at radius 2 is 1.73 bits per heavy atom. The van der Waals surface area contributed by atoms with Gasteiger partial charge in [-0.25, -0.2) is 4.79 Å². The molecule has 2 fully saturated rings. The minimum absolute atomic E-state index is 0.0106. The molecule has 1 unspecified atom stereocenters. The van der Waals surface area contributed by atoms with E-state index in [2.05, 4.69) is 11.9 Å². The molecule has 0 bridgehead atoms. The van der Waals surface area contributed by atoms with E-state index in [1.54, 1.807) is 24.1 Å². The van der Waals surface area contributed by atoms with Crippen LogP contribution >= 0.6 is 0 Å². The molecule has 1 aromatic heterocycles. The third-order valence-electron chi connectivity index (χ3n) is 8.49. The monoisotopic (exact) mass is 501 g/mol. The van der Waals surface area contributed by atoms with E-state index in [4.69, 9.17) is 0 Å². The molecule has 2 N–H and O–H groups in total. The first-order chi connectivity index (χ1) is 17.9. The van der Waals surface area contributed by atoms with Crippen molar-refractivity contribution in [3.05, 3.63) is 65.9 Å². The largest absolute Gasteiger partial charge is 0.477 e. The van der Waals surface area contributed by atoms with Crippen molar-refractivity contribution in [1.82, 2.24) is 9.88 Å². The zero-order chi connectivity index (χ0) is 26.1. The van der Waals surface area contributed by atoms with Gasteiger partial charge in [-0.1, -0.05) is 43.7 Å². The number of benzene rings is 2. The van der Waals surface area contributed by atoms with Gasteiger partial charge in [0.2, 0.25) is 11.8 Å². The second-order valence-electron chi connectivity index (χ2n) is 10.6. The minimum atomic E-state index is -1.03. The molecule has 7 nitrogen and oxygen atoms in total. The van der Waals surface area contributed by atoms with E-state index >= 15 is 0 Å². The average Bonchev–Trinajstić information content (AvgIpc) is 3.57. The van der Waals surface area contributed by atoms with Crippen molar-refractivity contribution in [2.75, 3.05) is 18.5 Å². The molecule has 2 aromatic carbocycles. The molecule has 0 radical (unpaired) electrons. The Bertz CT molecular complexity index is 1290. The maximum absolute atomic E-state index is 14.1. The van der Waals surface area contributed by atoms with Gasteiger partial charge in [0.25, 0.3) is 0 Å². The van der Waals surface area contributed by atoms with Gasteiger partial charge in [-0.3, -0.25) is 9.59 Å². The van der Waals surface area contributed by atoms with Gasteiger partial charge in [0.1, 0.15) is 11.7 Å². The van der Waals surface area contributed by atoms with Crippen LogP contribution in [0.25, 0.3) is 10.9 Å². The molecule has 2 heterocycles. The molecule has 5 rings (SSSR count). The molecule has 37 heavy (non-hydrogen) atoms. The Hall–Kier alpha value is -3.61. The number of aromatic amines is 1. The van der Waals surface area contributed by atoms with Crippen LogP contribution in [0.2, 0.25) is 0 Å². The van der Waals surface area contributed by atoms with Crippen molar-refractivity contribution >= 4 is 34.4 Å². The van der Waals surface area contributed by atoms with Crippen LogP contribution in [-0.4, -0.2) is 52.4 Å². The Kier molecular flexibility index (Phi) is 7.04. The lowest BCUT2D eigenvalue weighted by Gasteiger charge is -2.35. The summed E-state index contributed by atoms with van der Waals surface area (Å²) in [7, 11) is 1.74. The van der Waals surface area contributed by atoms with Crippen LogP contribution in [0.1, 0.15) is 67.4 Å². The van der Waals surface area contributed by atoms with Gasteiger partial charge < -0.3 is 19.9 Å². The summed E-state index contributed by atoms with van der Waals surface area (Å²) < 4.78 is 0. The predicted octanol–water partition coefficient (Wildman–Crippen LogP) is 5.43. The third-order valence-corrected chi connectivity index (χ3v) is 8.49. The molecule has 2 atom stereocenters. The van der Waals surface area contributed by atoms with E-state index in [0.29, 0.717) is 23.7 Å². The van der Waals surface area contributed by atoms with E-state index in [1.807, 2.05) is 47.4 Å².